The summed E-state index contributed by atoms with van der Waals surface area (Å²) in [6.45, 7) is 2.08. The molecule has 1 N–H and O–H groups in total. The average Bonchev–Trinajstić information content (AvgIpc) is 2.99. The van der Waals surface area contributed by atoms with Gasteiger partial charge in [0, 0.05) is 34.5 Å². The van der Waals surface area contributed by atoms with Crippen molar-refractivity contribution in [2.75, 3.05) is 12.4 Å². The Morgan fingerprint density at radius 1 is 1.23 bits per heavy atom. The number of amides is 1. The molecule has 5 nitrogen and oxygen atoms in total. The fourth-order valence-electron chi connectivity index (χ4n) is 3.19. The quantitative estimate of drug-likeness (QED) is 0.753. The Morgan fingerprint density at radius 2 is 2.00 bits per heavy atom. The molecule has 4 rings (SSSR count). The number of rotatable bonds is 3. The Hall–Kier alpha value is -2.73. The number of nitrogens with one attached hydrogen (secondary N) is 1. The van der Waals surface area contributed by atoms with E-state index in [1.807, 2.05) is 36.0 Å². The number of methoxy groups -OCH3 is 1. The van der Waals surface area contributed by atoms with Gasteiger partial charge in [0.15, 0.2) is 5.69 Å². The van der Waals surface area contributed by atoms with Crippen LogP contribution in [-0.4, -0.2) is 22.8 Å². The summed E-state index contributed by atoms with van der Waals surface area (Å²) < 4.78 is 6.96. The number of nitrogens with zero attached hydrogens (tertiary/aromatic N) is 2. The monoisotopic (exact) mass is 365 g/mol. The van der Waals surface area contributed by atoms with Gasteiger partial charge in [-0.2, -0.15) is 5.10 Å². The van der Waals surface area contributed by atoms with Crippen LogP contribution in [0.4, 0.5) is 5.69 Å². The third kappa shape index (κ3) is 2.86. The maximum Gasteiger partial charge on any atom is 0.276 e. The van der Waals surface area contributed by atoms with Crippen LogP contribution in [0.3, 0.4) is 0 Å². The molecule has 0 atom stereocenters. The summed E-state index contributed by atoms with van der Waals surface area (Å²) in [5.41, 5.74) is 5.56. The molecule has 6 heteroatoms. The van der Waals surface area contributed by atoms with Crippen molar-refractivity contribution >= 4 is 23.4 Å². The van der Waals surface area contributed by atoms with Gasteiger partial charge in [0.2, 0.25) is 0 Å². The molecule has 1 amide bonds. The second-order valence-corrected chi connectivity index (χ2v) is 7.29. The van der Waals surface area contributed by atoms with Crippen LogP contribution < -0.4 is 10.1 Å². The van der Waals surface area contributed by atoms with Crippen molar-refractivity contribution in [2.45, 2.75) is 17.6 Å². The number of anilines is 1. The van der Waals surface area contributed by atoms with E-state index < -0.39 is 0 Å². The molecular weight excluding hydrogens is 346 g/mol. The highest BCUT2D eigenvalue weighted by Crippen LogP contribution is 2.43. The molecule has 1 aliphatic rings. The molecule has 3 aromatic rings. The molecule has 1 aromatic heterocycles. The van der Waals surface area contributed by atoms with E-state index in [9.17, 15) is 4.79 Å². The first-order valence-electron chi connectivity index (χ1n) is 8.32. The number of benzene rings is 2. The summed E-state index contributed by atoms with van der Waals surface area (Å²) in [6.07, 6.45) is 0. The molecule has 0 saturated heterocycles. The van der Waals surface area contributed by atoms with Gasteiger partial charge in [-0.1, -0.05) is 11.6 Å². The van der Waals surface area contributed by atoms with Crippen LogP contribution in [0, 0.1) is 6.92 Å². The van der Waals surface area contributed by atoms with E-state index >= 15 is 0 Å². The van der Waals surface area contributed by atoms with Crippen molar-refractivity contribution < 1.29 is 9.53 Å². The number of ether oxygens (including phenoxy) is 1. The highest BCUT2D eigenvalue weighted by molar-refractivity contribution is 7.98. The minimum absolute atomic E-state index is 0.191. The standard InChI is InChI=1S/C20H19N3O2S/c1-12-4-9-17-15(10-12)19-16(11-26-17)18(22-23(19)2)20(24)21-13-5-7-14(25-3)8-6-13/h4-10H,11H2,1-3H3,(H,21,24). The van der Waals surface area contributed by atoms with Crippen LogP contribution in [-0.2, 0) is 12.8 Å². The van der Waals surface area contributed by atoms with E-state index in [4.69, 9.17) is 4.74 Å². The smallest absolute Gasteiger partial charge is 0.276 e. The van der Waals surface area contributed by atoms with Gasteiger partial charge in [-0.3, -0.25) is 9.48 Å². The van der Waals surface area contributed by atoms with Gasteiger partial charge in [-0.15, -0.1) is 11.8 Å². The topological polar surface area (TPSA) is 56.1 Å². The van der Waals surface area contributed by atoms with Gasteiger partial charge < -0.3 is 10.1 Å². The fourth-order valence-corrected chi connectivity index (χ4v) is 4.24. The zero-order valence-corrected chi connectivity index (χ0v) is 15.7. The van der Waals surface area contributed by atoms with Crippen molar-refractivity contribution in [3.63, 3.8) is 0 Å². The Kier molecular flexibility index (Phi) is 4.20. The van der Waals surface area contributed by atoms with Crippen LogP contribution in [0.1, 0.15) is 21.6 Å². The Labute approximate surface area is 156 Å². The first kappa shape index (κ1) is 16.7. The van der Waals surface area contributed by atoms with Crippen molar-refractivity contribution in [3.05, 3.63) is 59.3 Å². The van der Waals surface area contributed by atoms with Gasteiger partial charge in [0.05, 0.1) is 12.8 Å². The number of aryl methyl sites for hydroxylation is 2. The number of hydrogen-bond acceptors (Lipinski definition) is 4. The van der Waals surface area contributed by atoms with Crippen molar-refractivity contribution in [3.8, 4) is 17.0 Å². The summed E-state index contributed by atoms with van der Waals surface area (Å²) in [7, 11) is 3.51. The molecule has 2 heterocycles. The summed E-state index contributed by atoms with van der Waals surface area (Å²) in [5, 5.41) is 7.45. The van der Waals surface area contributed by atoms with E-state index in [0.717, 1.165) is 34.0 Å². The Balaban J connectivity index is 1.68. The highest BCUT2D eigenvalue weighted by atomic mass is 32.2. The molecule has 2 aromatic carbocycles. The number of carbonyl (C=O) groups excluding carboxylic acids is 1. The van der Waals surface area contributed by atoms with E-state index in [-0.39, 0.29) is 5.91 Å². The fraction of sp³-hybridized carbons (Fsp3) is 0.200. The van der Waals surface area contributed by atoms with Crippen LogP contribution in [0.5, 0.6) is 5.75 Å². The lowest BCUT2D eigenvalue weighted by Crippen LogP contribution is -2.14. The lowest BCUT2D eigenvalue weighted by Gasteiger charge is -2.17. The molecule has 0 unspecified atom stereocenters. The average molecular weight is 365 g/mol. The second-order valence-electron chi connectivity index (χ2n) is 6.27. The van der Waals surface area contributed by atoms with Gasteiger partial charge in [-0.25, -0.2) is 0 Å². The Bertz CT molecular complexity index is 993. The number of thioether (sulfide) groups is 1. The highest BCUT2D eigenvalue weighted by Gasteiger charge is 2.27. The zero-order chi connectivity index (χ0) is 18.3. The maximum absolute atomic E-state index is 12.8. The maximum atomic E-state index is 12.8. The van der Waals surface area contributed by atoms with Gasteiger partial charge >= 0.3 is 0 Å². The summed E-state index contributed by atoms with van der Waals surface area (Å²) in [6, 6.07) is 13.7. The lowest BCUT2D eigenvalue weighted by molar-refractivity contribution is 0.102. The summed E-state index contributed by atoms with van der Waals surface area (Å²) in [4.78, 5) is 14.0. The van der Waals surface area contributed by atoms with E-state index in [1.54, 1.807) is 18.9 Å². The normalized spacial score (nSPS) is 12.3. The predicted octanol–water partition coefficient (Wildman–Crippen LogP) is 4.26. The molecule has 0 fully saturated rings. The molecule has 26 heavy (non-hydrogen) atoms. The van der Waals surface area contributed by atoms with Crippen molar-refractivity contribution in [1.82, 2.24) is 9.78 Å². The first-order valence-corrected chi connectivity index (χ1v) is 9.30. The third-order valence-electron chi connectivity index (χ3n) is 4.47. The molecule has 0 spiro atoms. The van der Waals surface area contributed by atoms with Crippen LogP contribution in [0.15, 0.2) is 47.4 Å². The largest absolute Gasteiger partial charge is 0.497 e. The lowest BCUT2D eigenvalue weighted by atomic mass is 10.0. The molecule has 1 aliphatic heterocycles. The minimum atomic E-state index is -0.191. The van der Waals surface area contributed by atoms with E-state index in [2.05, 4.69) is 35.5 Å². The minimum Gasteiger partial charge on any atom is -0.497 e. The van der Waals surface area contributed by atoms with Crippen molar-refractivity contribution in [1.29, 1.82) is 0 Å². The first-order chi connectivity index (χ1) is 12.6. The molecule has 0 aliphatic carbocycles. The number of fused-ring (bicyclic) bond motifs is 3. The summed E-state index contributed by atoms with van der Waals surface area (Å²) >= 11 is 1.75. The van der Waals surface area contributed by atoms with Crippen molar-refractivity contribution in [2.24, 2.45) is 7.05 Å². The molecule has 132 valence electrons. The molecule has 0 bridgehead atoms. The number of aromatic nitrogens is 2. The van der Waals surface area contributed by atoms with Crippen LogP contribution in [0.25, 0.3) is 11.3 Å². The molecular formula is C20H19N3O2S. The van der Waals surface area contributed by atoms with E-state index in [0.29, 0.717) is 5.69 Å². The van der Waals surface area contributed by atoms with E-state index in [1.165, 1.54) is 10.5 Å². The summed E-state index contributed by atoms with van der Waals surface area (Å²) in [5.74, 6) is 1.30. The molecule has 0 radical (unpaired) electrons. The number of hydrogen-bond donors (Lipinski definition) is 1. The van der Waals surface area contributed by atoms with Gasteiger partial charge in [0.1, 0.15) is 5.75 Å². The van der Waals surface area contributed by atoms with Crippen LogP contribution in [0.2, 0.25) is 0 Å². The third-order valence-corrected chi connectivity index (χ3v) is 5.57. The Morgan fingerprint density at radius 3 is 2.73 bits per heavy atom. The zero-order valence-electron chi connectivity index (χ0n) is 14.9. The predicted molar refractivity (Wildman–Crippen MR) is 104 cm³/mol. The number of carbonyl (C=O) groups is 1. The SMILES string of the molecule is COc1ccc(NC(=O)c2nn(C)c3c2CSc2ccc(C)cc2-3)cc1. The van der Waals surface area contributed by atoms with Gasteiger partial charge in [0.25, 0.3) is 5.91 Å². The van der Waals surface area contributed by atoms with Gasteiger partial charge in [-0.05, 0) is 43.3 Å². The molecule has 0 saturated carbocycles. The second kappa shape index (κ2) is 6.53. The van der Waals surface area contributed by atoms with Crippen LogP contribution >= 0.6 is 11.8 Å².